The molecule has 0 aliphatic carbocycles. The number of rotatable bonds is 14. The van der Waals surface area contributed by atoms with E-state index in [1.54, 1.807) is 21.9 Å². The van der Waals surface area contributed by atoms with Crippen molar-refractivity contribution in [2.45, 2.75) is 89.6 Å². The van der Waals surface area contributed by atoms with Gasteiger partial charge in [0, 0.05) is 99.0 Å². The number of benzene rings is 2. The van der Waals surface area contributed by atoms with Crippen LogP contribution in [0, 0.1) is 0 Å². The average Bonchev–Trinajstić information content (AvgIpc) is 4.09. The van der Waals surface area contributed by atoms with E-state index >= 15 is 0 Å². The number of likely N-dealkylation sites (tertiary alicyclic amines) is 2. The summed E-state index contributed by atoms with van der Waals surface area (Å²) in [5, 5.41) is 2.17. The van der Waals surface area contributed by atoms with Gasteiger partial charge in [-0.15, -0.1) is 0 Å². The summed E-state index contributed by atoms with van der Waals surface area (Å²) in [5.74, 6) is 0.465. The van der Waals surface area contributed by atoms with Crippen LogP contribution in [-0.4, -0.2) is 177 Å². The van der Waals surface area contributed by atoms with Gasteiger partial charge in [0.2, 0.25) is 5.91 Å². The molecule has 77 heavy (non-hydrogen) atoms. The van der Waals surface area contributed by atoms with Crippen LogP contribution in [0.15, 0.2) is 60.9 Å². The Kier molecular flexibility index (Phi) is 18.9. The molecule has 0 unspecified atom stereocenters. The van der Waals surface area contributed by atoms with E-state index in [1.165, 1.54) is 19.5 Å². The van der Waals surface area contributed by atoms with Crippen LogP contribution in [0.5, 0.6) is 0 Å². The third kappa shape index (κ3) is 13.3. The second kappa shape index (κ2) is 25.7. The fourth-order valence-electron chi connectivity index (χ4n) is 11.9. The van der Waals surface area contributed by atoms with E-state index in [9.17, 15) is 19.2 Å². The van der Waals surface area contributed by atoms with Crippen molar-refractivity contribution in [3.05, 3.63) is 103 Å². The standard InChI is InChI=1S/C28H35Cl2N5O4.C27H34Cl2N6O3/c1-3-22-18-33(26-24(30)14-20(16-31-26)27(36)38-2)10-11-34(22)23-6-8-32(9-7-23)17-19-4-5-21(29)15-25(19)35-12-13-39-28(35)37;1-2-21-17-33(26-23(29)13-19(15-31-26)25(30)36)9-10-34(21)22-5-7-32(8-6-22)16-18-3-4-20(28)14-24(18)35-11-12-38-27(35)37/h4-5,14-16,22-23H,3,6-13,17-18H2,1-2H3;3-4,13-15,21-22H,2,5-12,16-17H2,1H3,(H2,30,36)/t22-;21-/m00/s1. The van der Waals surface area contributed by atoms with Gasteiger partial charge in [-0.25, -0.2) is 24.4 Å². The van der Waals surface area contributed by atoms with E-state index in [1.807, 2.05) is 36.4 Å². The molecule has 4 aromatic rings. The van der Waals surface area contributed by atoms with Crippen molar-refractivity contribution >= 4 is 93.5 Å². The summed E-state index contributed by atoms with van der Waals surface area (Å²) in [6.45, 7) is 17.2. The SMILES string of the molecule is CC[C@H]1CN(c2ncc(C(=O)OC)cc2Cl)CCN1C1CCN(Cc2ccc(Cl)cc2N2CCOC2=O)CC1.CC[C@H]1CN(c2ncc(C(N)=O)cc2Cl)CCN1C1CCN(Cc2ccc(Cl)cc2N2CCOC2=O)CC1. The van der Waals surface area contributed by atoms with Gasteiger partial charge in [0.25, 0.3) is 0 Å². The molecule has 0 bridgehead atoms. The summed E-state index contributed by atoms with van der Waals surface area (Å²) in [5.41, 5.74) is 9.93. The zero-order valence-electron chi connectivity index (χ0n) is 44.1. The fourth-order valence-corrected chi connectivity index (χ4v) is 12.8. The molecule has 22 heteroatoms. The van der Waals surface area contributed by atoms with Gasteiger partial charge in [-0.2, -0.15) is 0 Å². The van der Waals surface area contributed by atoms with E-state index < -0.39 is 11.9 Å². The van der Waals surface area contributed by atoms with Crippen LogP contribution in [0.1, 0.15) is 84.2 Å². The van der Waals surface area contributed by atoms with E-state index in [4.69, 9.17) is 66.3 Å². The molecular formula is C55H69Cl4N11O7. The molecule has 0 spiro atoms. The number of cyclic esters (lactones) is 2. The Labute approximate surface area is 471 Å². The second-order valence-electron chi connectivity index (χ2n) is 20.5. The first-order chi connectivity index (χ1) is 37.2. The van der Waals surface area contributed by atoms with Crippen LogP contribution < -0.4 is 25.3 Å². The number of esters is 1. The molecule has 2 aromatic heterocycles. The number of amides is 3. The number of nitrogens with zero attached hydrogens (tertiary/aromatic N) is 10. The molecule has 6 aliphatic rings. The van der Waals surface area contributed by atoms with E-state index in [0.29, 0.717) is 87.5 Å². The Balaban J connectivity index is 0.000000188. The largest absolute Gasteiger partial charge is 0.465 e. The summed E-state index contributed by atoms with van der Waals surface area (Å²) in [4.78, 5) is 74.7. The lowest BCUT2D eigenvalue weighted by molar-refractivity contribution is 0.0598. The molecule has 2 N–H and O–H groups in total. The highest BCUT2D eigenvalue weighted by atomic mass is 35.5. The van der Waals surface area contributed by atoms with Crippen molar-refractivity contribution in [2.24, 2.45) is 5.73 Å². The minimum atomic E-state index is -0.528. The maximum absolute atomic E-state index is 12.2. The first kappa shape index (κ1) is 56.5. The number of hydrogen-bond donors (Lipinski definition) is 1. The van der Waals surface area contributed by atoms with Gasteiger partial charge in [0.15, 0.2) is 0 Å². The monoisotopic (exact) mass is 1140 g/mol. The lowest BCUT2D eigenvalue weighted by Crippen LogP contribution is -2.58. The summed E-state index contributed by atoms with van der Waals surface area (Å²) in [7, 11) is 1.35. The van der Waals surface area contributed by atoms with Crippen LogP contribution in [-0.2, 0) is 27.3 Å². The number of carbonyl (C=O) groups excluding carboxylic acids is 4. The molecule has 0 radical (unpaired) electrons. The molecule has 18 nitrogen and oxygen atoms in total. The summed E-state index contributed by atoms with van der Waals surface area (Å²) < 4.78 is 15.1. The first-order valence-corrected chi connectivity index (χ1v) is 28.3. The summed E-state index contributed by atoms with van der Waals surface area (Å²) >= 11 is 25.5. The van der Waals surface area contributed by atoms with Crippen LogP contribution in [0.2, 0.25) is 20.1 Å². The number of anilines is 4. The number of aromatic nitrogens is 2. The van der Waals surface area contributed by atoms with Crippen LogP contribution in [0.25, 0.3) is 0 Å². The van der Waals surface area contributed by atoms with Crippen molar-refractivity contribution < 1.29 is 33.4 Å². The normalized spacial score (nSPS) is 21.5. The Morgan fingerprint density at radius 1 is 0.610 bits per heavy atom. The predicted octanol–water partition coefficient (Wildman–Crippen LogP) is 8.71. The van der Waals surface area contributed by atoms with Crippen LogP contribution in [0.4, 0.5) is 32.6 Å². The third-order valence-electron chi connectivity index (χ3n) is 16.0. The number of ether oxygens (including phenoxy) is 3. The van der Waals surface area contributed by atoms with E-state index in [0.717, 1.165) is 145 Å². The Morgan fingerprint density at radius 3 is 1.42 bits per heavy atom. The molecule has 10 rings (SSSR count). The topological polar surface area (TPSA) is 174 Å². The van der Waals surface area contributed by atoms with E-state index in [2.05, 4.69) is 53.2 Å². The van der Waals surface area contributed by atoms with Gasteiger partial charge < -0.3 is 29.7 Å². The van der Waals surface area contributed by atoms with Gasteiger partial charge in [0.1, 0.15) is 24.8 Å². The first-order valence-electron chi connectivity index (χ1n) is 26.8. The number of piperidine rings is 2. The molecule has 6 aliphatic heterocycles. The van der Waals surface area contributed by atoms with Gasteiger partial charge in [-0.1, -0.05) is 72.4 Å². The average molecular weight is 1140 g/mol. The highest BCUT2D eigenvalue weighted by molar-refractivity contribution is 6.34. The fraction of sp³-hybridized carbons (Fsp3) is 0.527. The van der Waals surface area contributed by atoms with Crippen molar-refractivity contribution in [2.75, 3.05) is 118 Å². The molecule has 3 amide bonds. The molecule has 0 saturated carbocycles. The number of carbonyl (C=O) groups is 4. The number of pyridine rings is 2. The number of nitrogens with two attached hydrogens (primary N) is 1. The summed E-state index contributed by atoms with van der Waals surface area (Å²) in [6.07, 6.45) is 8.88. The van der Waals surface area contributed by atoms with Crippen molar-refractivity contribution in [1.82, 2.24) is 29.6 Å². The molecule has 8 heterocycles. The Morgan fingerprint density at radius 2 is 1.04 bits per heavy atom. The van der Waals surface area contributed by atoms with Crippen molar-refractivity contribution in [1.29, 1.82) is 0 Å². The smallest absolute Gasteiger partial charge is 0.414 e. The van der Waals surface area contributed by atoms with Gasteiger partial charge >= 0.3 is 18.2 Å². The molecule has 414 valence electrons. The molecular weight excluding hydrogens is 1070 g/mol. The van der Waals surface area contributed by atoms with Crippen molar-refractivity contribution in [3.8, 4) is 0 Å². The van der Waals surface area contributed by atoms with Crippen LogP contribution >= 0.6 is 46.4 Å². The maximum atomic E-state index is 12.2. The number of primary amides is 1. The summed E-state index contributed by atoms with van der Waals surface area (Å²) in [6, 6.07) is 16.7. The number of methoxy groups -OCH3 is 1. The minimum Gasteiger partial charge on any atom is -0.465 e. The van der Waals surface area contributed by atoms with Gasteiger partial charge in [-0.05, 0) is 112 Å². The van der Waals surface area contributed by atoms with Gasteiger partial charge in [0.05, 0.1) is 52.7 Å². The number of piperazine rings is 2. The lowest BCUT2D eigenvalue weighted by Gasteiger charge is -2.48. The Bertz CT molecular complexity index is 2760. The third-order valence-corrected chi connectivity index (χ3v) is 17.0. The van der Waals surface area contributed by atoms with Crippen molar-refractivity contribution in [3.63, 3.8) is 0 Å². The zero-order chi connectivity index (χ0) is 54.3. The molecule has 2 aromatic carbocycles. The predicted molar refractivity (Wildman–Crippen MR) is 301 cm³/mol. The van der Waals surface area contributed by atoms with Crippen LogP contribution in [0.3, 0.4) is 0 Å². The zero-order valence-corrected chi connectivity index (χ0v) is 47.1. The second-order valence-corrected chi connectivity index (χ2v) is 22.2. The Hall–Kier alpha value is -5.18. The maximum Gasteiger partial charge on any atom is 0.414 e. The molecule has 2 atom stereocenters. The highest BCUT2D eigenvalue weighted by Crippen LogP contribution is 2.35. The van der Waals surface area contributed by atoms with Gasteiger partial charge in [-0.3, -0.25) is 34.2 Å². The molecule has 6 fully saturated rings. The van der Waals surface area contributed by atoms with E-state index in [-0.39, 0.29) is 12.2 Å². The minimum absolute atomic E-state index is 0.308. The highest BCUT2D eigenvalue weighted by Gasteiger charge is 2.37. The molecule has 6 saturated heterocycles. The quantitative estimate of drug-likeness (QED) is 0.0938. The number of halogens is 4. The lowest BCUT2D eigenvalue weighted by atomic mass is 9.97. The number of hydrogen-bond acceptors (Lipinski definition) is 15.